The maximum absolute atomic E-state index is 11.3. The summed E-state index contributed by atoms with van der Waals surface area (Å²) in [5.41, 5.74) is 1.34. The Hall–Kier alpha value is -2.43. The molecule has 0 aliphatic rings. The molecule has 108 valence electrons. The lowest BCUT2D eigenvalue weighted by molar-refractivity contribution is 0.460. The molecule has 0 saturated heterocycles. The van der Waals surface area contributed by atoms with Gasteiger partial charge >= 0.3 is 0 Å². The number of rotatable bonds is 4. The fourth-order valence-corrected chi connectivity index (χ4v) is 2.65. The molecule has 5 heteroatoms. The number of aromatic nitrogens is 2. The van der Waals surface area contributed by atoms with Crippen LogP contribution in [0.25, 0.3) is 21.8 Å². The van der Waals surface area contributed by atoms with Gasteiger partial charge in [-0.05, 0) is 11.1 Å². The molecule has 1 aromatic heterocycles. The molecule has 1 atom stereocenters. The molecule has 2 aromatic carbocycles. The zero-order valence-corrected chi connectivity index (χ0v) is 12.1. The van der Waals surface area contributed by atoms with Gasteiger partial charge in [0.15, 0.2) is 0 Å². The summed E-state index contributed by atoms with van der Waals surface area (Å²) < 4.78 is 1.90. The van der Waals surface area contributed by atoms with Crippen molar-refractivity contribution in [2.75, 3.05) is 0 Å². The van der Waals surface area contributed by atoms with Crippen molar-refractivity contribution in [3.8, 4) is 5.75 Å². The lowest BCUT2D eigenvalue weighted by Crippen LogP contribution is -2.05. The summed E-state index contributed by atoms with van der Waals surface area (Å²) in [5.74, 6) is 0.620. The topological polar surface area (TPSA) is 67.5 Å². The molecule has 0 aliphatic heterocycles. The first kappa shape index (κ1) is 13.5. The number of benzene rings is 2. The maximum Gasteiger partial charge on any atom is 0.149 e. The summed E-state index contributed by atoms with van der Waals surface area (Å²) in [5, 5.41) is 15.0. The molecule has 0 spiro atoms. The SMILES string of the molecule is CCC(C)Cn1cnc2c(N=O)c3ccccc3c(O)c21. The van der Waals surface area contributed by atoms with Crippen molar-refractivity contribution >= 4 is 27.5 Å². The fraction of sp³-hybridized carbons (Fsp3) is 0.312. The molecule has 1 N–H and O–H groups in total. The van der Waals surface area contributed by atoms with Crippen molar-refractivity contribution in [2.45, 2.75) is 26.8 Å². The average Bonchev–Trinajstić information content (AvgIpc) is 2.91. The maximum atomic E-state index is 11.3. The zero-order chi connectivity index (χ0) is 15.0. The summed E-state index contributed by atoms with van der Waals surface area (Å²) in [4.78, 5) is 15.5. The minimum atomic E-state index is 0.161. The van der Waals surface area contributed by atoms with Crippen molar-refractivity contribution in [3.05, 3.63) is 35.5 Å². The van der Waals surface area contributed by atoms with Crippen molar-refractivity contribution in [1.29, 1.82) is 0 Å². The smallest absolute Gasteiger partial charge is 0.149 e. The van der Waals surface area contributed by atoms with E-state index >= 15 is 0 Å². The van der Waals surface area contributed by atoms with Crippen LogP contribution in [0, 0.1) is 10.8 Å². The Bertz CT molecular complexity index is 823. The van der Waals surface area contributed by atoms with Gasteiger partial charge in [0.2, 0.25) is 0 Å². The van der Waals surface area contributed by atoms with Gasteiger partial charge in [0, 0.05) is 17.3 Å². The fourth-order valence-electron chi connectivity index (χ4n) is 2.65. The van der Waals surface area contributed by atoms with Crippen LogP contribution in [0.5, 0.6) is 5.75 Å². The van der Waals surface area contributed by atoms with Gasteiger partial charge in [-0.25, -0.2) is 4.98 Å². The van der Waals surface area contributed by atoms with Crippen molar-refractivity contribution in [1.82, 2.24) is 9.55 Å². The Morgan fingerprint density at radius 3 is 2.71 bits per heavy atom. The molecule has 5 nitrogen and oxygen atoms in total. The molecular weight excluding hydrogens is 266 g/mol. The van der Waals surface area contributed by atoms with E-state index < -0.39 is 0 Å². The normalized spacial score (nSPS) is 12.9. The molecule has 3 rings (SSSR count). The van der Waals surface area contributed by atoms with E-state index in [4.69, 9.17) is 0 Å². The highest BCUT2D eigenvalue weighted by Crippen LogP contribution is 2.41. The van der Waals surface area contributed by atoms with Gasteiger partial charge in [0.1, 0.15) is 22.5 Å². The van der Waals surface area contributed by atoms with Crippen LogP contribution < -0.4 is 0 Å². The molecular formula is C16H17N3O2. The van der Waals surface area contributed by atoms with Crippen LogP contribution in [0.15, 0.2) is 35.8 Å². The number of phenols is 1. The minimum Gasteiger partial charge on any atom is -0.505 e. The summed E-state index contributed by atoms with van der Waals surface area (Å²) in [6.45, 7) is 5.01. The van der Waals surface area contributed by atoms with Crippen molar-refractivity contribution < 1.29 is 5.11 Å². The Morgan fingerprint density at radius 1 is 1.33 bits per heavy atom. The Balaban J connectivity index is 2.36. The van der Waals surface area contributed by atoms with Crippen LogP contribution in [0.2, 0.25) is 0 Å². The quantitative estimate of drug-likeness (QED) is 0.724. The van der Waals surface area contributed by atoms with Crippen LogP contribution in [0.3, 0.4) is 0 Å². The highest BCUT2D eigenvalue weighted by molar-refractivity contribution is 6.12. The van der Waals surface area contributed by atoms with Gasteiger partial charge in [-0.1, -0.05) is 44.5 Å². The molecule has 0 saturated carbocycles. The van der Waals surface area contributed by atoms with Crippen molar-refractivity contribution in [2.24, 2.45) is 11.1 Å². The van der Waals surface area contributed by atoms with Crippen LogP contribution in [-0.2, 0) is 6.54 Å². The largest absolute Gasteiger partial charge is 0.505 e. The summed E-state index contributed by atoms with van der Waals surface area (Å²) in [6.07, 6.45) is 2.71. The zero-order valence-electron chi connectivity index (χ0n) is 12.1. The third-order valence-corrected chi connectivity index (χ3v) is 4.02. The minimum absolute atomic E-state index is 0.161. The van der Waals surface area contributed by atoms with E-state index in [1.165, 1.54) is 0 Å². The highest BCUT2D eigenvalue weighted by atomic mass is 16.3. The number of hydrogen-bond donors (Lipinski definition) is 1. The first-order valence-corrected chi connectivity index (χ1v) is 7.09. The van der Waals surface area contributed by atoms with Crippen LogP contribution in [0.1, 0.15) is 20.3 Å². The van der Waals surface area contributed by atoms with E-state index in [1.807, 2.05) is 16.7 Å². The second-order valence-corrected chi connectivity index (χ2v) is 5.44. The van der Waals surface area contributed by atoms with Gasteiger partial charge < -0.3 is 9.67 Å². The predicted molar refractivity (Wildman–Crippen MR) is 83.8 cm³/mol. The van der Waals surface area contributed by atoms with Gasteiger partial charge in [-0.3, -0.25) is 0 Å². The molecule has 0 amide bonds. The van der Waals surface area contributed by atoms with Gasteiger partial charge in [-0.15, -0.1) is 4.91 Å². The van der Waals surface area contributed by atoms with E-state index in [-0.39, 0.29) is 5.75 Å². The van der Waals surface area contributed by atoms with Crippen molar-refractivity contribution in [3.63, 3.8) is 0 Å². The van der Waals surface area contributed by atoms with E-state index in [2.05, 4.69) is 24.0 Å². The molecule has 0 aliphatic carbocycles. The number of hydrogen-bond acceptors (Lipinski definition) is 4. The standard InChI is InChI=1S/C16H17N3O2/c1-3-10(2)8-19-9-17-14-13(18-21)11-6-4-5-7-12(11)16(20)15(14)19/h4-7,9-10,20H,3,8H2,1-2H3. The second-order valence-electron chi connectivity index (χ2n) is 5.44. The first-order valence-electron chi connectivity index (χ1n) is 7.09. The third kappa shape index (κ3) is 2.05. The Kier molecular flexibility index (Phi) is 3.33. The number of fused-ring (bicyclic) bond motifs is 2. The van der Waals surface area contributed by atoms with Crippen LogP contribution in [0.4, 0.5) is 5.69 Å². The molecule has 1 unspecified atom stereocenters. The Labute approximate surface area is 122 Å². The first-order chi connectivity index (χ1) is 10.2. The predicted octanol–water partition coefficient (Wildman–Crippen LogP) is 4.34. The van der Waals surface area contributed by atoms with E-state index in [0.29, 0.717) is 33.4 Å². The highest BCUT2D eigenvalue weighted by Gasteiger charge is 2.19. The lowest BCUT2D eigenvalue weighted by atomic mass is 10.1. The van der Waals surface area contributed by atoms with Gasteiger partial charge in [-0.2, -0.15) is 0 Å². The molecule has 1 heterocycles. The average molecular weight is 283 g/mol. The Morgan fingerprint density at radius 2 is 2.05 bits per heavy atom. The summed E-state index contributed by atoms with van der Waals surface area (Å²) in [6, 6.07) is 7.22. The number of phenolic OH excluding ortho intramolecular Hbond substituents is 1. The molecule has 0 fully saturated rings. The van der Waals surface area contributed by atoms with E-state index in [9.17, 15) is 10.0 Å². The second kappa shape index (κ2) is 5.16. The monoisotopic (exact) mass is 283 g/mol. The third-order valence-electron chi connectivity index (χ3n) is 4.02. The van der Waals surface area contributed by atoms with E-state index in [0.717, 1.165) is 13.0 Å². The number of nitroso groups, excluding NO2 is 1. The number of aromatic hydroxyl groups is 1. The molecule has 21 heavy (non-hydrogen) atoms. The van der Waals surface area contributed by atoms with Gasteiger partial charge in [0.05, 0.1) is 6.33 Å². The number of imidazole rings is 1. The lowest BCUT2D eigenvalue weighted by Gasteiger charge is -2.12. The number of nitrogens with zero attached hydrogens (tertiary/aromatic N) is 3. The van der Waals surface area contributed by atoms with E-state index in [1.54, 1.807) is 18.5 Å². The van der Waals surface area contributed by atoms with Crippen LogP contribution >= 0.6 is 0 Å². The van der Waals surface area contributed by atoms with Gasteiger partial charge in [0.25, 0.3) is 0 Å². The molecule has 3 aromatic rings. The summed E-state index contributed by atoms with van der Waals surface area (Å²) in [7, 11) is 0. The summed E-state index contributed by atoms with van der Waals surface area (Å²) >= 11 is 0. The van der Waals surface area contributed by atoms with Crippen LogP contribution in [-0.4, -0.2) is 14.7 Å². The molecule has 0 radical (unpaired) electrons. The molecule has 0 bridgehead atoms.